The number of fused-ring (bicyclic) bond motifs is 1. The summed E-state index contributed by atoms with van der Waals surface area (Å²) >= 11 is 6.05. The van der Waals surface area contributed by atoms with Gasteiger partial charge in [-0.25, -0.2) is 4.79 Å². The Hall–Kier alpha value is -3.38. The lowest BCUT2D eigenvalue weighted by Crippen LogP contribution is -2.46. The number of ether oxygens (including phenoxy) is 1. The Morgan fingerprint density at radius 1 is 0.971 bits per heavy atom. The Balaban J connectivity index is 1.31. The molecule has 3 aromatic carbocycles. The van der Waals surface area contributed by atoms with E-state index in [1.54, 1.807) is 6.07 Å². The largest absolute Gasteiger partial charge is 0.511 e. The van der Waals surface area contributed by atoms with Gasteiger partial charge < -0.3 is 25.0 Å². The minimum Gasteiger partial charge on any atom is -0.449 e. The first-order chi connectivity index (χ1) is 16.8. The van der Waals surface area contributed by atoms with E-state index in [0.29, 0.717) is 5.75 Å². The van der Waals surface area contributed by atoms with Crippen molar-refractivity contribution in [1.82, 2.24) is 0 Å². The van der Waals surface area contributed by atoms with E-state index in [9.17, 15) is 4.79 Å². The molecule has 1 saturated heterocycles. The molecule has 5 rings (SSSR count). The molecule has 6 nitrogen and oxygen atoms in total. The van der Waals surface area contributed by atoms with Crippen molar-refractivity contribution in [3.05, 3.63) is 82.9 Å². The van der Waals surface area contributed by atoms with Crippen molar-refractivity contribution in [2.24, 2.45) is 5.41 Å². The summed E-state index contributed by atoms with van der Waals surface area (Å²) in [6.07, 6.45) is -0.474. The molecular weight excluding hydrogens is 462 g/mol. The summed E-state index contributed by atoms with van der Waals surface area (Å²) in [4.78, 5) is 15.8. The topological polar surface area (TPSA) is 65.0 Å². The second kappa shape index (κ2) is 9.34. The summed E-state index contributed by atoms with van der Waals surface area (Å²) in [6.45, 7) is 8.34. The van der Waals surface area contributed by atoms with Crippen molar-refractivity contribution < 1.29 is 14.6 Å². The number of halogens is 1. The van der Waals surface area contributed by atoms with E-state index in [4.69, 9.17) is 21.4 Å². The molecule has 2 heterocycles. The van der Waals surface area contributed by atoms with Crippen molar-refractivity contribution in [1.29, 1.82) is 0 Å². The minimum absolute atomic E-state index is 0.0687. The number of hydrogen-bond donors (Lipinski definition) is 2. The Labute approximate surface area is 211 Å². The molecule has 0 saturated carbocycles. The molecule has 0 aromatic heterocycles. The van der Waals surface area contributed by atoms with Gasteiger partial charge in [-0.3, -0.25) is 0 Å². The van der Waals surface area contributed by atoms with Crippen LogP contribution in [-0.4, -0.2) is 37.4 Å². The Morgan fingerprint density at radius 2 is 1.66 bits per heavy atom. The second-order valence-corrected chi connectivity index (χ2v) is 10.4. The maximum absolute atomic E-state index is 10.9. The first-order valence-corrected chi connectivity index (χ1v) is 12.3. The number of benzene rings is 3. The fraction of sp³-hybridized carbons (Fsp3) is 0.321. The van der Waals surface area contributed by atoms with E-state index in [0.717, 1.165) is 48.9 Å². The van der Waals surface area contributed by atoms with Crippen LogP contribution in [0.5, 0.6) is 5.75 Å². The molecule has 182 valence electrons. The van der Waals surface area contributed by atoms with Crippen LogP contribution in [0.25, 0.3) is 0 Å². The molecule has 1 atom stereocenters. The van der Waals surface area contributed by atoms with Crippen molar-refractivity contribution in [2.75, 3.05) is 41.3 Å². The lowest BCUT2D eigenvalue weighted by atomic mass is 9.73. The van der Waals surface area contributed by atoms with Crippen LogP contribution < -0.4 is 19.9 Å². The lowest BCUT2D eigenvalue weighted by molar-refractivity contribution is 0.144. The van der Waals surface area contributed by atoms with Gasteiger partial charge in [-0.1, -0.05) is 37.6 Å². The number of hydrogen-bond acceptors (Lipinski definition) is 5. The Bertz CT molecular complexity index is 1220. The summed E-state index contributed by atoms with van der Waals surface area (Å²) in [5.41, 5.74) is 5.73. The van der Waals surface area contributed by atoms with Gasteiger partial charge in [0, 0.05) is 48.3 Å². The molecule has 3 aromatic rings. The van der Waals surface area contributed by atoms with Crippen molar-refractivity contribution >= 4 is 34.8 Å². The van der Waals surface area contributed by atoms with Gasteiger partial charge in [0.15, 0.2) is 0 Å². The smallest absolute Gasteiger partial charge is 0.449 e. The zero-order valence-corrected chi connectivity index (χ0v) is 20.8. The zero-order valence-electron chi connectivity index (χ0n) is 20.0. The van der Waals surface area contributed by atoms with E-state index in [-0.39, 0.29) is 11.5 Å². The highest BCUT2D eigenvalue weighted by Gasteiger charge is 2.36. The van der Waals surface area contributed by atoms with Crippen LogP contribution in [0, 0.1) is 5.41 Å². The number of anilines is 3. The maximum Gasteiger partial charge on any atom is 0.511 e. The fourth-order valence-corrected chi connectivity index (χ4v) is 5.40. The molecule has 0 aliphatic carbocycles. The zero-order chi connectivity index (χ0) is 24.6. The van der Waals surface area contributed by atoms with Crippen LogP contribution in [0.4, 0.5) is 21.9 Å². The third kappa shape index (κ3) is 5.03. The van der Waals surface area contributed by atoms with Gasteiger partial charge in [0.1, 0.15) is 5.75 Å². The van der Waals surface area contributed by atoms with Crippen LogP contribution in [-0.2, 0) is 6.42 Å². The molecule has 0 amide bonds. The molecule has 0 bridgehead atoms. The van der Waals surface area contributed by atoms with Crippen LogP contribution in [0.1, 0.15) is 31.0 Å². The molecule has 0 radical (unpaired) electrons. The molecule has 2 aliphatic heterocycles. The van der Waals surface area contributed by atoms with Crippen LogP contribution in [0.2, 0.25) is 5.02 Å². The number of carbonyl (C=O) groups is 1. The fourth-order valence-electron chi connectivity index (χ4n) is 5.28. The van der Waals surface area contributed by atoms with E-state index in [1.807, 2.05) is 24.3 Å². The third-order valence-electron chi connectivity index (χ3n) is 7.05. The standard InChI is InChI=1S/C28H30ClN3O3/c1-28(2)18-20-17-24(35-27(33)34)10-11-25(20)30-26(28)19-4-3-5-23(16-19)32-14-12-31(13-15-32)22-8-6-21(29)7-9-22/h3-11,16-17,26,30H,12-15,18H2,1-2H3,(H,33,34). The summed E-state index contributed by atoms with van der Waals surface area (Å²) in [6, 6.07) is 22.5. The molecule has 35 heavy (non-hydrogen) atoms. The summed E-state index contributed by atoms with van der Waals surface area (Å²) in [5, 5.41) is 13.4. The Morgan fingerprint density at radius 3 is 2.34 bits per heavy atom. The number of rotatable bonds is 4. The quantitative estimate of drug-likeness (QED) is 0.322. The molecule has 2 aliphatic rings. The molecule has 7 heteroatoms. The van der Waals surface area contributed by atoms with E-state index in [2.05, 4.69) is 65.4 Å². The van der Waals surface area contributed by atoms with Crippen LogP contribution >= 0.6 is 11.6 Å². The summed E-state index contributed by atoms with van der Waals surface area (Å²) in [5.74, 6) is 0.354. The molecule has 2 N–H and O–H groups in total. The van der Waals surface area contributed by atoms with Crippen LogP contribution in [0.3, 0.4) is 0 Å². The highest BCUT2D eigenvalue weighted by atomic mass is 35.5. The van der Waals surface area contributed by atoms with Gasteiger partial charge in [0.25, 0.3) is 0 Å². The van der Waals surface area contributed by atoms with Crippen LogP contribution in [0.15, 0.2) is 66.7 Å². The SMILES string of the molecule is CC1(C)Cc2cc(OC(=O)O)ccc2NC1c1cccc(N2CCN(c3ccc(Cl)cc3)CC2)c1. The van der Waals surface area contributed by atoms with E-state index in [1.165, 1.54) is 16.9 Å². The van der Waals surface area contributed by atoms with Gasteiger partial charge in [0.05, 0.1) is 6.04 Å². The number of nitrogens with one attached hydrogen (secondary N) is 1. The van der Waals surface area contributed by atoms with E-state index < -0.39 is 6.16 Å². The predicted molar refractivity (Wildman–Crippen MR) is 141 cm³/mol. The average molecular weight is 492 g/mol. The van der Waals surface area contributed by atoms with Crippen molar-refractivity contribution in [3.63, 3.8) is 0 Å². The molecule has 0 spiro atoms. The number of carboxylic acid groups (broad SMARTS) is 1. The van der Waals surface area contributed by atoms with Gasteiger partial charge in [-0.2, -0.15) is 0 Å². The summed E-state index contributed by atoms with van der Waals surface area (Å²) in [7, 11) is 0. The first-order valence-electron chi connectivity index (χ1n) is 11.9. The Kier molecular flexibility index (Phi) is 6.24. The highest BCUT2D eigenvalue weighted by molar-refractivity contribution is 6.30. The monoisotopic (exact) mass is 491 g/mol. The predicted octanol–water partition coefficient (Wildman–Crippen LogP) is 6.46. The van der Waals surface area contributed by atoms with Gasteiger partial charge in [-0.15, -0.1) is 0 Å². The average Bonchev–Trinajstić information content (AvgIpc) is 2.83. The van der Waals surface area contributed by atoms with Gasteiger partial charge >= 0.3 is 6.16 Å². The highest BCUT2D eigenvalue weighted by Crippen LogP contribution is 2.46. The third-order valence-corrected chi connectivity index (χ3v) is 7.30. The maximum atomic E-state index is 10.9. The summed E-state index contributed by atoms with van der Waals surface area (Å²) < 4.78 is 4.86. The molecular formula is C28H30ClN3O3. The van der Waals surface area contributed by atoms with E-state index >= 15 is 0 Å². The van der Waals surface area contributed by atoms with Gasteiger partial charge in [-0.05, 0) is 77.6 Å². The van der Waals surface area contributed by atoms with Crippen molar-refractivity contribution in [3.8, 4) is 5.75 Å². The number of piperazine rings is 1. The molecule has 1 unspecified atom stereocenters. The minimum atomic E-state index is -1.29. The van der Waals surface area contributed by atoms with Crippen molar-refractivity contribution in [2.45, 2.75) is 26.3 Å². The lowest BCUT2D eigenvalue weighted by Gasteiger charge is -2.42. The normalized spacial score (nSPS) is 19.0. The second-order valence-electron chi connectivity index (χ2n) is 9.98. The molecule has 1 fully saturated rings. The van der Waals surface area contributed by atoms with Gasteiger partial charge in [0.2, 0.25) is 0 Å². The first kappa shape index (κ1) is 23.4. The number of nitrogens with zero attached hydrogens (tertiary/aromatic N) is 2.